The highest BCUT2D eigenvalue weighted by atomic mass is 32.2. The maximum absolute atomic E-state index is 12.5. The lowest BCUT2D eigenvalue weighted by Gasteiger charge is -2.43. The van der Waals surface area contributed by atoms with Gasteiger partial charge >= 0.3 is 0 Å². The second kappa shape index (κ2) is 6.05. The van der Waals surface area contributed by atoms with Crippen molar-refractivity contribution >= 4 is 34.9 Å². The normalized spacial score (nSPS) is 19.2. The largest absolute Gasteiger partial charge is 0.392 e. The molecule has 17 heavy (non-hydrogen) atoms. The number of nitrogens with zero attached hydrogens (tertiary/aromatic N) is 1. The predicted octanol–water partition coefficient (Wildman–Crippen LogP) is 2.04. The van der Waals surface area contributed by atoms with Gasteiger partial charge in [-0.3, -0.25) is 4.79 Å². The Labute approximate surface area is 113 Å². The van der Waals surface area contributed by atoms with Crippen LogP contribution in [0.1, 0.15) is 32.6 Å². The zero-order valence-corrected chi connectivity index (χ0v) is 12.5. The van der Waals surface area contributed by atoms with Gasteiger partial charge in [0.25, 0.3) is 0 Å². The number of hydrogen-bond donors (Lipinski definition) is 1. The Morgan fingerprint density at radius 3 is 2.47 bits per heavy atom. The summed E-state index contributed by atoms with van der Waals surface area (Å²) in [6.07, 6.45) is 5.73. The summed E-state index contributed by atoms with van der Waals surface area (Å²) in [6.45, 7) is 2.11. The van der Waals surface area contributed by atoms with E-state index in [2.05, 4.69) is 13.2 Å². The number of amides is 1. The van der Waals surface area contributed by atoms with Crippen molar-refractivity contribution in [2.24, 2.45) is 11.1 Å². The molecule has 1 amide bonds. The molecule has 1 saturated carbocycles. The van der Waals surface area contributed by atoms with Gasteiger partial charge in [0.1, 0.15) is 0 Å². The highest BCUT2D eigenvalue weighted by Crippen LogP contribution is 2.43. The Kier molecular flexibility index (Phi) is 5.25. The Bertz CT molecular complexity index is 303. The van der Waals surface area contributed by atoms with Crippen LogP contribution in [-0.4, -0.2) is 40.9 Å². The lowest BCUT2D eigenvalue weighted by molar-refractivity contribution is -0.142. The highest BCUT2D eigenvalue weighted by Gasteiger charge is 2.48. The van der Waals surface area contributed by atoms with E-state index < -0.39 is 5.41 Å². The Balaban J connectivity index is 2.77. The van der Waals surface area contributed by atoms with E-state index in [1.54, 1.807) is 11.8 Å². The minimum absolute atomic E-state index is 0.122. The predicted molar refractivity (Wildman–Crippen MR) is 78.3 cm³/mol. The average molecular weight is 274 g/mol. The van der Waals surface area contributed by atoms with Gasteiger partial charge in [0, 0.05) is 18.8 Å². The van der Waals surface area contributed by atoms with E-state index in [1.807, 2.05) is 11.9 Å². The van der Waals surface area contributed by atoms with Gasteiger partial charge in [-0.05, 0) is 25.5 Å². The van der Waals surface area contributed by atoms with Gasteiger partial charge in [0.05, 0.1) is 10.4 Å². The molecule has 98 valence electrons. The minimum Gasteiger partial charge on any atom is -0.392 e. The van der Waals surface area contributed by atoms with Gasteiger partial charge in [-0.25, -0.2) is 0 Å². The van der Waals surface area contributed by atoms with Gasteiger partial charge in [0.2, 0.25) is 5.91 Å². The fourth-order valence-corrected chi connectivity index (χ4v) is 3.43. The molecule has 1 aliphatic rings. The summed E-state index contributed by atoms with van der Waals surface area (Å²) in [7, 11) is 1.88. The van der Waals surface area contributed by atoms with Crippen molar-refractivity contribution in [1.82, 2.24) is 4.90 Å². The molecule has 3 nitrogen and oxygen atoms in total. The molecule has 1 atom stereocenters. The van der Waals surface area contributed by atoms with Crippen LogP contribution < -0.4 is 5.73 Å². The van der Waals surface area contributed by atoms with E-state index in [0.717, 1.165) is 31.4 Å². The molecule has 0 aliphatic heterocycles. The molecule has 0 aromatic rings. The van der Waals surface area contributed by atoms with Crippen molar-refractivity contribution in [2.45, 2.75) is 38.6 Å². The summed E-state index contributed by atoms with van der Waals surface area (Å²) in [6, 6.07) is 0.282. The molecule has 1 rings (SSSR count). The van der Waals surface area contributed by atoms with Crippen LogP contribution in [0, 0.1) is 5.41 Å². The van der Waals surface area contributed by atoms with Crippen molar-refractivity contribution in [2.75, 3.05) is 19.1 Å². The van der Waals surface area contributed by atoms with Crippen LogP contribution in [0.2, 0.25) is 0 Å². The molecule has 1 unspecified atom stereocenters. The fraction of sp³-hybridized carbons (Fsp3) is 0.833. The Morgan fingerprint density at radius 2 is 2.18 bits per heavy atom. The SMILES string of the molecule is CCC(CSC)N(C)C(=O)C1(C(N)=S)CCC1. The van der Waals surface area contributed by atoms with Crippen molar-refractivity contribution in [3.8, 4) is 0 Å². The second-order valence-corrected chi connectivity index (χ2v) is 6.08. The molecule has 0 saturated heterocycles. The number of rotatable bonds is 6. The first kappa shape index (κ1) is 14.8. The standard InChI is InChI=1S/C12H22N2OS2/c1-4-9(8-17-3)14(2)11(15)12(10(13)16)6-5-7-12/h9H,4-8H2,1-3H3,(H2,13,16). The topological polar surface area (TPSA) is 46.3 Å². The van der Waals surface area contributed by atoms with E-state index in [0.29, 0.717) is 4.99 Å². The van der Waals surface area contributed by atoms with Crippen LogP contribution in [0.3, 0.4) is 0 Å². The fourth-order valence-electron chi connectivity index (χ4n) is 2.30. The van der Waals surface area contributed by atoms with Crippen LogP contribution in [0.5, 0.6) is 0 Å². The van der Waals surface area contributed by atoms with Gasteiger partial charge < -0.3 is 10.6 Å². The molecule has 0 aromatic heterocycles. The zero-order chi connectivity index (χ0) is 13.1. The average Bonchev–Trinajstić information content (AvgIpc) is 2.22. The molecular formula is C12H22N2OS2. The maximum Gasteiger partial charge on any atom is 0.235 e. The second-order valence-electron chi connectivity index (χ2n) is 4.73. The van der Waals surface area contributed by atoms with E-state index in [4.69, 9.17) is 18.0 Å². The van der Waals surface area contributed by atoms with Crippen LogP contribution in [0.25, 0.3) is 0 Å². The molecular weight excluding hydrogens is 252 g/mol. The van der Waals surface area contributed by atoms with E-state index in [-0.39, 0.29) is 11.9 Å². The van der Waals surface area contributed by atoms with Crippen molar-refractivity contribution in [3.05, 3.63) is 0 Å². The summed E-state index contributed by atoms with van der Waals surface area (Å²) in [5.41, 5.74) is 5.23. The lowest BCUT2D eigenvalue weighted by Crippen LogP contribution is -2.55. The lowest BCUT2D eigenvalue weighted by atomic mass is 9.67. The zero-order valence-electron chi connectivity index (χ0n) is 10.9. The molecule has 1 fully saturated rings. The van der Waals surface area contributed by atoms with Gasteiger partial charge in [-0.1, -0.05) is 25.6 Å². The van der Waals surface area contributed by atoms with E-state index in [1.165, 1.54) is 0 Å². The summed E-state index contributed by atoms with van der Waals surface area (Å²) in [5.74, 6) is 1.09. The molecule has 0 bridgehead atoms. The minimum atomic E-state index is -0.532. The smallest absolute Gasteiger partial charge is 0.235 e. The summed E-state index contributed by atoms with van der Waals surface area (Å²) < 4.78 is 0. The first-order chi connectivity index (χ1) is 7.99. The van der Waals surface area contributed by atoms with E-state index in [9.17, 15) is 4.79 Å². The summed E-state index contributed by atoms with van der Waals surface area (Å²) in [4.78, 5) is 14.7. The van der Waals surface area contributed by atoms with Gasteiger partial charge in [-0.15, -0.1) is 0 Å². The third-order valence-electron chi connectivity index (χ3n) is 3.79. The number of hydrogen-bond acceptors (Lipinski definition) is 3. The molecule has 0 heterocycles. The molecule has 2 N–H and O–H groups in total. The number of nitrogens with two attached hydrogens (primary N) is 1. The van der Waals surface area contributed by atoms with Crippen molar-refractivity contribution in [3.63, 3.8) is 0 Å². The first-order valence-electron chi connectivity index (χ1n) is 6.05. The Morgan fingerprint density at radius 1 is 1.59 bits per heavy atom. The molecule has 0 spiro atoms. The maximum atomic E-state index is 12.5. The van der Waals surface area contributed by atoms with Gasteiger partial charge in [-0.2, -0.15) is 11.8 Å². The van der Waals surface area contributed by atoms with Crippen LogP contribution in [0.15, 0.2) is 0 Å². The molecule has 0 aromatic carbocycles. The summed E-state index contributed by atoms with van der Waals surface area (Å²) >= 11 is 6.86. The summed E-state index contributed by atoms with van der Waals surface area (Å²) in [5, 5.41) is 0. The number of carbonyl (C=O) groups is 1. The van der Waals surface area contributed by atoms with Crippen molar-refractivity contribution < 1.29 is 4.79 Å². The number of thiocarbonyl (C=S) groups is 1. The van der Waals surface area contributed by atoms with Crippen molar-refractivity contribution in [1.29, 1.82) is 0 Å². The van der Waals surface area contributed by atoms with Crippen LogP contribution in [0.4, 0.5) is 0 Å². The van der Waals surface area contributed by atoms with Crippen LogP contribution >= 0.6 is 24.0 Å². The third-order valence-corrected chi connectivity index (χ3v) is 4.90. The number of carbonyl (C=O) groups excluding carboxylic acids is 1. The molecule has 0 radical (unpaired) electrons. The van der Waals surface area contributed by atoms with Crippen LogP contribution in [-0.2, 0) is 4.79 Å². The quantitative estimate of drug-likeness (QED) is 0.753. The first-order valence-corrected chi connectivity index (χ1v) is 7.86. The number of thioether (sulfide) groups is 1. The molecule has 5 heteroatoms. The Hall–Kier alpha value is -0.290. The van der Waals surface area contributed by atoms with Gasteiger partial charge in [0.15, 0.2) is 0 Å². The van der Waals surface area contributed by atoms with E-state index >= 15 is 0 Å². The third kappa shape index (κ3) is 2.76. The highest BCUT2D eigenvalue weighted by molar-refractivity contribution is 7.98. The molecule has 1 aliphatic carbocycles. The monoisotopic (exact) mass is 274 g/mol.